The van der Waals surface area contributed by atoms with Gasteiger partial charge in [-0.25, -0.2) is 4.79 Å². The Kier molecular flexibility index (Phi) is 3.85. The molecule has 0 saturated heterocycles. The molecule has 0 spiro atoms. The molecule has 0 saturated carbocycles. The Morgan fingerprint density at radius 1 is 1.26 bits per heavy atom. The quantitative estimate of drug-likeness (QED) is 0.769. The van der Waals surface area contributed by atoms with Gasteiger partial charge in [-0.05, 0) is 36.6 Å². The Labute approximate surface area is 137 Å². The zero-order valence-corrected chi connectivity index (χ0v) is 14.1. The molecule has 6 heteroatoms. The zero-order valence-electron chi connectivity index (χ0n) is 13.3. The van der Waals surface area contributed by atoms with Crippen LogP contribution in [0.2, 0.25) is 0 Å². The molecule has 0 bridgehead atoms. The van der Waals surface area contributed by atoms with Crippen molar-refractivity contribution in [3.05, 3.63) is 45.4 Å². The van der Waals surface area contributed by atoms with Crippen molar-refractivity contribution in [1.29, 1.82) is 0 Å². The van der Waals surface area contributed by atoms with Crippen LogP contribution in [0.25, 0.3) is 20.8 Å². The Hall–Kier alpha value is -2.34. The Balaban J connectivity index is 2.20. The number of carboxylic acids is 1. The topological polar surface area (TPSA) is 75.1 Å². The molecule has 3 aromatic rings. The number of aryl methyl sites for hydroxylation is 3. The molecule has 0 fully saturated rings. The lowest BCUT2D eigenvalue weighted by Gasteiger charge is -2.07. The highest BCUT2D eigenvalue weighted by atomic mass is 32.1. The first kappa shape index (κ1) is 15.6. The normalized spacial score (nSPS) is 11.3. The van der Waals surface area contributed by atoms with Crippen LogP contribution in [0.1, 0.15) is 35.5 Å². The van der Waals surface area contributed by atoms with Crippen molar-refractivity contribution in [3.8, 4) is 10.6 Å². The summed E-state index contributed by atoms with van der Waals surface area (Å²) >= 11 is 1.61. The van der Waals surface area contributed by atoms with Crippen molar-refractivity contribution in [1.82, 2.24) is 9.55 Å². The lowest BCUT2D eigenvalue weighted by Crippen LogP contribution is -2.19. The molecule has 5 nitrogen and oxygen atoms in total. The molecule has 3 rings (SSSR count). The van der Waals surface area contributed by atoms with Gasteiger partial charge in [0.05, 0.1) is 10.6 Å². The summed E-state index contributed by atoms with van der Waals surface area (Å²) in [6.07, 6.45) is 1.62. The fourth-order valence-corrected chi connectivity index (χ4v) is 4.03. The van der Waals surface area contributed by atoms with Crippen molar-refractivity contribution < 1.29 is 9.90 Å². The van der Waals surface area contributed by atoms with Gasteiger partial charge in [0.2, 0.25) is 0 Å². The first-order valence-corrected chi connectivity index (χ1v) is 8.35. The van der Waals surface area contributed by atoms with Gasteiger partial charge in [-0.1, -0.05) is 13.8 Å². The standard InChI is InChI=1S/C17H18N2O3S/c1-4-9-7-12(17(21)22)15(20)18-14(9)13-8-10-6-11(5-2)19(3)16(10)23-13/h6-8H,4-5H2,1-3H3,(H,18,20)(H,21,22). The van der Waals surface area contributed by atoms with Crippen molar-refractivity contribution in [2.24, 2.45) is 7.05 Å². The largest absolute Gasteiger partial charge is 0.477 e. The molecule has 2 N–H and O–H groups in total. The summed E-state index contributed by atoms with van der Waals surface area (Å²) in [4.78, 5) is 28.0. The molecule has 3 aromatic heterocycles. The third kappa shape index (κ3) is 2.49. The van der Waals surface area contributed by atoms with E-state index in [1.165, 1.54) is 11.8 Å². The number of aromatic carboxylic acids is 1. The number of nitrogens with one attached hydrogen (secondary N) is 1. The van der Waals surface area contributed by atoms with E-state index in [0.717, 1.165) is 32.8 Å². The predicted molar refractivity (Wildman–Crippen MR) is 92.6 cm³/mol. The first-order chi connectivity index (χ1) is 11.0. The Bertz CT molecular complexity index is 962. The van der Waals surface area contributed by atoms with Crippen LogP contribution in [0, 0.1) is 0 Å². The molecule has 0 amide bonds. The molecule has 0 unspecified atom stereocenters. The third-order valence-electron chi connectivity index (χ3n) is 4.14. The maximum Gasteiger partial charge on any atom is 0.341 e. The van der Waals surface area contributed by atoms with Crippen molar-refractivity contribution in [2.45, 2.75) is 26.7 Å². The third-order valence-corrected chi connectivity index (χ3v) is 5.39. The van der Waals surface area contributed by atoms with E-state index in [4.69, 9.17) is 5.11 Å². The number of nitrogens with zero attached hydrogens (tertiary/aromatic N) is 1. The fourth-order valence-electron chi connectivity index (χ4n) is 2.86. The van der Waals surface area contributed by atoms with Gasteiger partial charge in [-0.3, -0.25) is 4.79 Å². The van der Waals surface area contributed by atoms with Gasteiger partial charge in [0.15, 0.2) is 0 Å². The van der Waals surface area contributed by atoms with Gasteiger partial charge in [0, 0.05) is 18.1 Å². The summed E-state index contributed by atoms with van der Waals surface area (Å²) in [7, 11) is 2.04. The SMILES string of the molecule is CCc1cc(C(=O)O)c(=O)[nH]c1-c1cc2cc(CC)n(C)c2s1. The molecule has 120 valence electrons. The Morgan fingerprint density at radius 2 is 2.00 bits per heavy atom. The predicted octanol–water partition coefficient (Wildman–Crippen LogP) is 3.42. The highest BCUT2D eigenvalue weighted by Crippen LogP contribution is 2.35. The van der Waals surface area contributed by atoms with E-state index in [2.05, 4.69) is 28.6 Å². The summed E-state index contributed by atoms with van der Waals surface area (Å²) < 4.78 is 2.17. The van der Waals surface area contributed by atoms with Gasteiger partial charge in [-0.15, -0.1) is 11.3 Å². The number of thiophene rings is 1. The smallest absolute Gasteiger partial charge is 0.341 e. The molecule has 0 atom stereocenters. The van der Waals surface area contributed by atoms with E-state index in [1.807, 2.05) is 14.0 Å². The molecule has 23 heavy (non-hydrogen) atoms. The van der Waals surface area contributed by atoms with Crippen molar-refractivity contribution >= 4 is 27.5 Å². The van der Waals surface area contributed by atoms with Crippen LogP contribution in [0.4, 0.5) is 0 Å². The van der Waals surface area contributed by atoms with Crippen LogP contribution in [-0.2, 0) is 19.9 Å². The summed E-state index contributed by atoms with van der Waals surface area (Å²) in [5, 5.41) is 10.2. The highest BCUT2D eigenvalue weighted by Gasteiger charge is 2.17. The number of carbonyl (C=O) groups is 1. The molecular weight excluding hydrogens is 312 g/mol. The van der Waals surface area contributed by atoms with E-state index in [-0.39, 0.29) is 5.56 Å². The summed E-state index contributed by atoms with van der Waals surface area (Å²) in [6.45, 7) is 4.07. The van der Waals surface area contributed by atoms with Crippen LogP contribution >= 0.6 is 11.3 Å². The highest BCUT2D eigenvalue weighted by molar-refractivity contribution is 7.21. The molecule has 0 aromatic carbocycles. The first-order valence-electron chi connectivity index (χ1n) is 7.54. The summed E-state index contributed by atoms with van der Waals surface area (Å²) in [5.41, 5.74) is 2.06. The van der Waals surface area contributed by atoms with Crippen LogP contribution < -0.4 is 5.56 Å². The van der Waals surface area contributed by atoms with E-state index < -0.39 is 11.5 Å². The number of pyridine rings is 1. The lowest BCUT2D eigenvalue weighted by molar-refractivity contribution is 0.0695. The number of fused-ring (bicyclic) bond motifs is 1. The number of H-pyrrole nitrogens is 1. The number of rotatable bonds is 4. The van der Waals surface area contributed by atoms with Crippen LogP contribution in [-0.4, -0.2) is 20.6 Å². The molecule has 0 aliphatic rings. The molecule has 0 aliphatic carbocycles. The average molecular weight is 330 g/mol. The van der Waals surface area contributed by atoms with Gasteiger partial charge in [0.1, 0.15) is 10.4 Å². The average Bonchev–Trinajstić information content (AvgIpc) is 3.06. The second-order valence-corrected chi connectivity index (χ2v) is 6.52. The second-order valence-electron chi connectivity index (χ2n) is 5.49. The second kappa shape index (κ2) is 5.70. The van der Waals surface area contributed by atoms with Crippen LogP contribution in [0.3, 0.4) is 0 Å². The monoisotopic (exact) mass is 330 g/mol. The minimum atomic E-state index is -1.20. The summed E-state index contributed by atoms with van der Waals surface area (Å²) in [6, 6.07) is 5.70. The fraction of sp³-hybridized carbons (Fsp3) is 0.294. The molecule has 0 aliphatic heterocycles. The van der Waals surface area contributed by atoms with E-state index in [1.54, 1.807) is 11.3 Å². The molecular formula is C17H18N2O3S. The van der Waals surface area contributed by atoms with Crippen molar-refractivity contribution in [3.63, 3.8) is 0 Å². The number of aromatic amines is 1. The number of hydrogen-bond acceptors (Lipinski definition) is 3. The Morgan fingerprint density at radius 3 is 2.57 bits per heavy atom. The minimum Gasteiger partial charge on any atom is -0.477 e. The van der Waals surface area contributed by atoms with Gasteiger partial charge in [-0.2, -0.15) is 0 Å². The lowest BCUT2D eigenvalue weighted by atomic mass is 10.1. The molecule has 0 radical (unpaired) electrons. The van der Waals surface area contributed by atoms with Crippen molar-refractivity contribution in [2.75, 3.05) is 0 Å². The maximum atomic E-state index is 12.0. The molecule has 3 heterocycles. The number of carboxylic acid groups (broad SMARTS) is 1. The number of hydrogen-bond donors (Lipinski definition) is 2. The van der Waals surface area contributed by atoms with Crippen LogP contribution in [0.15, 0.2) is 23.0 Å². The van der Waals surface area contributed by atoms with E-state index in [9.17, 15) is 9.59 Å². The zero-order chi connectivity index (χ0) is 16.7. The maximum absolute atomic E-state index is 12.0. The summed E-state index contributed by atoms with van der Waals surface area (Å²) in [5.74, 6) is -1.20. The van der Waals surface area contributed by atoms with Gasteiger partial charge >= 0.3 is 5.97 Å². The van der Waals surface area contributed by atoms with E-state index in [0.29, 0.717) is 6.42 Å². The van der Waals surface area contributed by atoms with Crippen LogP contribution in [0.5, 0.6) is 0 Å². The minimum absolute atomic E-state index is 0.208. The van der Waals surface area contributed by atoms with E-state index >= 15 is 0 Å². The van der Waals surface area contributed by atoms with Gasteiger partial charge < -0.3 is 14.7 Å². The van der Waals surface area contributed by atoms with Gasteiger partial charge in [0.25, 0.3) is 5.56 Å². The number of aromatic nitrogens is 2.